The molecule has 0 rings (SSSR count). The molecular weight excluding hydrogens is 146 g/mol. The van der Waals surface area contributed by atoms with Crippen LogP contribution in [0.5, 0.6) is 0 Å². The Morgan fingerprint density at radius 3 is 1.80 bits per heavy atom. The van der Waals surface area contributed by atoms with Crippen LogP contribution in [0.2, 0.25) is 0 Å². The van der Waals surface area contributed by atoms with E-state index in [1.165, 1.54) is 0 Å². The molecule has 0 aliphatic heterocycles. The number of rotatable bonds is 0. The van der Waals surface area contributed by atoms with Gasteiger partial charge in [0.2, 0.25) is 0 Å². The van der Waals surface area contributed by atoms with E-state index in [-0.39, 0.29) is 45.5 Å². The van der Waals surface area contributed by atoms with Gasteiger partial charge in [0.05, 0.1) is 0 Å². The molecule has 28 valence electrons. The first-order valence-corrected chi connectivity index (χ1v) is 0.716. The van der Waals surface area contributed by atoms with Crippen molar-refractivity contribution in [1.82, 2.24) is 0 Å². The van der Waals surface area contributed by atoms with E-state index < -0.39 is 6.09 Å². The molecule has 0 aromatic heterocycles. The van der Waals surface area contributed by atoms with Crippen molar-refractivity contribution in [3.8, 4) is 0 Å². The Kier molecular flexibility index (Phi) is 8.77. The van der Waals surface area contributed by atoms with Crippen molar-refractivity contribution in [3.63, 3.8) is 0 Å². The van der Waals surface area contributed by atoms with Gasteiger partial charge in [0.1, 0.15) is 0 Å². The average Bonchev–Trinajstić information content (AvgIpc) is 0.811. The van der Waals surface area contributed by atoms with Gasteiger partial charge in [0, 0.05) is 0 Å². The second kappa shape index (κ2) is 4.75. The van der Waals surface area contributed by atoms with E-state index in [1.54, 1.807) is 0 Å². The fourth-order valence-corrected chi connectivity index (χ4v) is 0. The third kappa shape index (κ3) is 63.8. The fourth-order valence-electron chi connectivity index (χ4n) is 0. The van der Waals surface area contributed by atoms with Crippen LogP contribution in [-0.2, 0) is 0 Å². The van der Waals surface area contributed by atoms with Gasteiger partial charge in [-0.25, -0.2) is 4.79 Å². The van der Waals surface area contributed by atoms with E-state index in [9.17, 15) is 0 Å². The molecule has 0 unspecified atom stereocenters. The van der Waals surface area contributed by atoms with Gasteiger partial charge >= 0.3 is 51.6 Å². The molecule has 0 aliphatic carbocycles. The van der Waals surface area contributed by atoms with Gasteiger partial charge in [-0.15, -0.1) is 0 Å². The Balaban J connectivity index is 0. The van der Waals surface area contributed by atoms with Crippen LogP contribution in [0, 0.1) is 0 Å². The number of amides is 1. The maximum absolute atomic E-state index is 8.78. The molecule has 0 atom stereocenters. The van der Waals surface area contributed by atoms with Crippen LogP contribution < -0.4 is 5.73 Å². The number of carboxylic acid groups (broad SMARTS) is 1. The zero-order valence-electron chi connectivity index (χ0n) is 1.93. The van der Waals surface area contributed by atoms with Gasteiger partial charge in [-0.3, -0.25) is 0 Å². The molecular formula is CH5NO2Sr. The first-order valence-electron chi connectivity index (χ1n) is 0.716. The van der Waals surface area contributed by atoms with E-state index in [4.69, 9.17) is 9.90 Å². The predicted octanol–water partition coefficient (Wildman–Crippen LogP) is -1.29. The van der Waals surface area contributed by atoms with Gasteiger partial charge < -0.3 is 10.8 Å². The summed E-state index contributed by atoms with van der Waals surface area (Å²) in [6, 6.07) is 0. The summed E-state index contributed by atoms with van der Waals surface area (Å²) in [5, 5.41) is 7.19. The molecule has 4 heteroatoms. The molecule has 5 heavy (non-hydrogen) atoms. The van der Waals surface area contributed by atoms with E-state index in [0.717, 1.165) is 0 Å². The molecule has 0 spiro atoms. The van der Waals surface area contributed by atoms with E-state index >= 15 is 0 Å². The molecule has 0 saturated heterocycles. The number of primary amides is 1. The predicted molar refractivity (Wildman–Crippen MR) is 20.8 cm³/mol. The zero-order valence-corrected chi connectivity index (χ0v) is 1.93. The normalized spacial score (nSPS) is 4.80. The Hall–Kier alpha value is 0.751. The summed E-state index contributed by atoms with van der Waals surface area (Å²) in [4.78, 5) is 8.78. The van der Waals surface area contributed by atoms with Crippen molar-refractivity contribution in [3.05, 3.63) is 0 Å². The summed E-state index contributed by atoms with van der Waals surface area (Å²) < 4.78 is 0. The Bertz CT molecular complexity index is 32.6. The number of hydrogen-bond acceptors (Lipinski definition) is 1. The van der Waals surface area contributed by atoms with Crippen molar-refractivity contribution in [2.75, 3.05) is 0 Å². The maximum atomic E-state index is 8.78. The molecule has 0 fully saturated rings. The SMILES string of the molecule is NC(=O)O.[SrH2]. The molecule has 3 N–H and O–H groups in total. The number of nitrogens with two attached hydrogens (primary N) is 1. The van der Waals surface area contributed by atoms with E-state index in [1.807, 2.05) is 0 Å². The molecule has 0 aromatic rings. The summed E-state index contributed by atoms with van der Waals surface area (Å²) in [6.45, 7) is 0. The monoisotopic (exact) mass is 151 g/mol. The number of hydrogen-bond donors (Lipinski definition) is 2. The van der Waals surface area contributed by atoms with Crippen LogP contribution in [0.3, 0.4) is 0 Å². The summed E-state index contributed by atoms with van der Waals surface area (Å²) in [5.74, 6) is 0. The minimum absolute atomic E-state index is 0. The summed E-state index contributed by atoms with van der Waals surface area (Å²) in [6.07, 6.45) is -1.33. The van der Waals surface area contributed by atoms with Gasteiger partial charge in [-0.1, -0.05) is 0 Å². The summed E-state index contributed by atoms with van der Waals surface area (Å²) in [5.41, 5.74) is 4.03. The first kappa shape index (κ1) is 9.23. The third-order valence-corrected chi connectivity index (χ3v) is 0. The molecule has 0 aliphatic rings. The Morgan fingerprint density at radius 1 is 1.80 bits per heavy atom. The molecule has 0 heterocycles. The molecule has 0 bridgehead atoms. The quantitative estimate of drug-likeness (QED) is 0.422. The van der Waals surface area contributed by atoms with Crippen molar-refractivity contribution < 1.29 is 9.90 Å². The summed E-state index contributed by atoms with van der Waals surface area (Å²) >= 11 is 0. The van der Waals surface area contributed by atoms with Crippen LogP contribution in [0.4, 0.5) is 4.79 Å². The Morgan fingerprint density at radius 2 is 1.80 bits per heavy atom. The van der Waals surface area contributed by atoms with Crippen LogP contribution in [0.1, 0.15) is 0 Å². The molecule has 3 nitrogen and oxygen atoms in total. The van der Waals surface area contributed by atoms with Crippen molar-refractivity contribution >= 4 is 51.6 Å². The Labute approximate surface area is 66.4 Å². The molecule has 0 saturated carbocycles. The van der Waals surface area contributed by atoms with Crippen LogP contribution in [-0.4, -0.2) is 56.7 Å². The van der Waals surface area contributed by atoms with Gasteiger partial charge in [-0.05, 0) is 0 Å². The second-order valence-electron chi connectivity index (χ2n) is 0.338. The van der Waals surface area contributed by atoms with E-state index in [0.29, 0.717) is 0 Å². The molecule has 0 radical (unpaired) electrons. The average molecular weight is 151 g/mol. The van der Waals surface area contributed by atoms with Crippen molar-refractivity contribution in [2.24, 2.45) is 5.73 Å². The van der Waals surface area contributed by atoms with Crippen molar-refractivity contribution in [1.29, 1.82) is 0 Å². The molecule has 1 amide bonds. The fraction of sp³-hybridized carbons (Fsp3) is 0. The van der Waals surface area contributed by atoms with Crippen LogP contribution in [0.25, 0.3) is 0 Å². The van der Waals surface area contributed by atoms with Crippen LogP contribution in [0.15, 0.2) is 0 Å². The molecule has 0 aromatic carbocycles. The first-order chi connectivity index (χ1) is 1.73. The zero-order chi connectivity index (χ0) is 3.58. The summed E-state index contributed by atoms with van der Waals surface area (Å²) in [7, 11) is 0. The standard InChI is InChI=1S/CH3NO2.Sr.2H/c2-1(3)4;;;/h2H2,(H,3,4);;;. The van der Waals surface area contributed by atoms with Gasteiger partial charge in [-0.2, -0.15) is 0 Å². The van der Waals surface area contributed by atoms with Gasteiger partial charge in [0.15, 0.2) is 0 Å². The minimum atomic E-state index is -1.33. The van der Waals surface area contributed by atoms with E-state index in [2.05, 4.69) is 5.73 Å². The van der Waals surface area contributed by atoms with Crippen LogP contribution >= 0.6 is 0 Å². The topological polar surface area (TPSA) is 63.3 Å². The second-order valence-corrected chi connectivity index (χ2v) is 0.338. The van der Waals surface area contributed by atoms with Gasteiger partial charge in [0.25, 0.3) is 0 Å². The third-order valence-electron chi connectivity index (χ3n) is 0. The van der Waals surface area contributed by atoms with Crippen molar-refractivity contribution in [2.45, 2.75) is 0 Å². The number of carbonyl (C=O) groups is 1.